The molecule has 1 atom stereocenters. The van der Waals surface area contributed by atoms with Crippen LogP contribution in [0, 0.1) is 5.82 Å². The molecule has 0 bridgehead atoms. The van der Waals surface area contributed by atoms with Gasteiger partial charge in [0.05, 0.1) is 12.8 Å². The van der Waals surface area contributed by atoms with Crippen LogP contribution in [0.25, 0.3) is 11.1 Å². The third-order valence-electron chi connectivity index (χ3n) is 5.62. The molecular weight excluding hydrogens is 429 g/mol. The number of anilines is 1. The summed E-state index contributed by atoms with van der Waals surface area (Å²) in [5.74, 6) is -0.482. The van der Waals surface area contributed by atoms with Gasteiger partial charge in [-0.2, -0.15) is 4.98 Å². The number of oxazole rings is 1. The fourth-order valence-electron chi connectivity index (χ4n) is 4.00. The summed E-state index contributed by atoms with van der Waals surface area (Å²) in [6.07, 6.45) is 1.83. The van der Waals surface area contributed by atoms with E-state index in [1.165, 1.54) is 25.3 Å². The number of aromatic nitrogens is 2. The molecule has 3 heterocycles. The van der Waals surface area contributed by atoms with E-state index < -0.39 is 17.8 Å². The van der Waals surface area contributed by atoms with Crippen LogP contribution in [0.3, 0.4) is 0 Å². The maximum absolute atomic E-state index is 13.6. The Kier molecular flexibility index (Phi) is 5.29. The van der Waals surface area contributed by atoms with E-state index in [1.807, 2.05) is 24.3 Å². The highest BCUT2D eigenvalue weighted by molar-refractivity contribution is 5.81. The lowest BCUT2D eigenvalue weighted by Gasteiger charge is -2.34. The molecule has 5 rings (SSSR count). The largest absolute Gasteiger partial charge is 0.493 e. The van der Waals surface area contributed by atoms with Crippen LogP contribution < -0.4 is 14.4 Å². The van der Waals surface area contributed by atoms with Gasteiger partial charge >= 0.3 is 5.97 Å². The van der Waals surface area contributed by atoms with Gasteiger partial charge in [-0.25, -0.2) is 9.18 Å². The highest BCUT2D eigenvalue weighted by Crippen LogP contribution is 2.40. The van der Waals surface area contributed by atoms with E-state index in [0.717, 1.165) is 16.8 Å². The molecule has 0 fully saturated rings. The van der Waals surface area contributed by atoms with Gasteiger partial charge in [0, 0.05) is 30.8 Å². The Morgan fingerprint density at radius 3 is 2.91 bits per heavy atom. The van der Waals surface area contributed by atoms with Crippen LogP contribution in [0.4, 0.5) is 10.4 Å². The number of hydrogen-bond acceptors (Lipinski definition) is 7. The van der Waals surface area contributed by atoms with E-state index in [4.69, 9.17) is 13.9 Å². The molecule has 1 aliphatic heterocycles. The molecular formula is C24H20FN3O5. The highest BCUT2D eigenvalue weighted by Gasteiger charge is 2.36. The maximum Gasteiger partial charge on any atom is 0.326 e. The average Bonchev–Trinajstić information content (AvgIpc) is 3.25. The third kappa shape index (κ3) is 3.93. The van der Waals surface area contributed by atoms with Crippen molar-refractivity contribution in [3.05, 3.63) is 77.4 Å². The average molecular weight is 449 g/mol. The molecule has 2 aromatic carbocycles. The Morgan fingerprint density at radius 1 is 1.27 bits per heavy atom. The summed E-state index contributed by atoms with van der Waals surface area (Å²) in [5.41, 5.74) is 3.06. The van der Waals surface area contributed by atoms with E-state index in [2.05, 4.69) is 9.97 Å². The lowest BCUT2D eigenvalue weighted by atomic mass is 9.93. The first-order chi connectivity index (χ1) is 16.0. The van der Waals surface area contributed by atoms with Gasteiger partial charge in [-0.3, -0.25) is 4.98 Å². The molecule has 33 heavy (non-hydrogen) atoms. The number of carbonyl (C=O) groups is 1. The van der Waals surface area contributed by atoms with Crippen LogP contribution in [0.5, 0.6) is 11.5 Å². The minimum Gasteiger partial charge on any atom is -0.493 e. The molecule has 0 amide bonds. The number of nitrogens with zero attached hydrogens (tertiary/aromatic N) is 3. The quantitative estimate of drug-likeness (QED) is 0.472. The topological polar surface area (TPSA) is 97.9 Å². The van der Waals surface area contributed by atoms with E-state index in [9.17, 15) is 14.3 Å². The Labute approximate surface area is 188 Å². The number of fused-ring (bicyclic) bond motifs is 2. The Bertz CT molecular complexity index is 1320. The van der Waals surface area contributed by atoms with Crippen LogP contribution in [0.1, 0.15) is 16.8 Å². The van der Waals surface area contributed by atoms with E-state index in [0.29, 0.717) is 17.0 Å². The molecule has 0 aliphatic carbocycles. The molecule has 0 radical (unpaired) electrons. The summed E-state index contributed by atoms with van der Waals surface area (Å²) in [7, 11) is 1.54. The van der Waals surface area contributed by atoms with Crippen molar-refractivity contribution in [2.45, 2.75) is 25.6 Å². The summed E-state index contributed by atoms with van der Waals surface area (Å²) in [6.45, 7) is 0.442. The lowest BCUT2D eigenvalue weighted by molar-refractivity contribution is -0.138. The van der Waals surface area contributed by atoms with Gasteiger partial charge in [0.2, 0.25) is 0 Å². The summed E-state index contributed by atoms with van der Waals surface area (Å²) < 4.78 is 30.8. The SMILES string of the molecule is COc1ccc2c(c1OCc1ccccn1)CC(C(=O)O)N(c1nc3ccc(F)cc3o1)C2. The van der Waals surface area contributed by atoms with Crippen LogP contribution >= 0.6 is 0 Å². The third-order valence-corrected chi connectivity index (χ3v) is 5.62. The predicted octanol–water partition coefficient (Wildman–Crippen LogP) is 3.97. The van der Waals surface area contributed by atoms with E-state index >= 15 is 0 Å². The molecule has 168 valence electrons. The monoisotopic (exact) mass is 449 g/mol. The number of aliphatic carboxylic acids is 1. The fourth-order valence-corrected chi connectivity index (χ4v) is 4.00. The zero-order valence-electron chi connectivity index (χ0n) is 17.7. The van der Waals surface area contributed by atoms with Gasteiger partial charge in [-0.1, -0.05) is 12.1 Å². The van der Waals surface area contributed by atoms with Gasteiger partial charge in [0.1, 0.15) is 24.0 Å². The van der Waals surface area contributed by atoms with Crippen molar-refractivity contribution in [1.29, 1.82) is 0 Å². The van der Waals surface area contributed by atoms with E-state index in [-0.39, 0.29) is 31.2 Å². The summed E-state index contributed by atoms with van der Waals surface area (Å²) >= 11 is 0. The number of carboxylic acid groups (broad SMARTS) is 1. The smallest absolute Gasteiger partial charge is 0.326 e. The van der Waals surface area contributed by atoms with Crippen molar-refractivity contribution in [2.24, 2.45) is 0 Å². The molecule has 9 heteroatoms. The maximum atomic E-state index is 13.6. The van der Waals surface area contributed by atoms with Gasteiger partial charge in [-0.15, -0.1) is 0 Å². The Hall–Kier alpha value is -4.14. The van der Waals surface area contributed by atoms with Crippen molar-refractivity contribution in [3.63, 3.8) is 0 Å². The van der Waals surface area contributed by atoms with Crippen LogP contribution in [0.2, 0.25) is 0 Å². The highest BCUT2D eigenvalue weighted by atomic mass is 19.1. The molecule has 1 aliphatic rings. The predicted molar refractivity (Wildman–Crippen MR) is 117 cm³/mol. The van der Waals surface area contributed by atoms with Gasteiger partial charge < -0.3 is 23.9 Å². The molecule has 1 N–H and O–H groups in total. The molecule has 8 nitrogen and oxygen atoms in total. The van der Waals surface area contributed by atoms with Crippen molar-refractivity contribution in [1.82, 2.24) is 9.97 Å². The summed E-state index contributed by atoms with van der Waals surface area (Å²) in [5, 5.41) is 9.99. The number of carboxylic acids is 1. The second kappa shape index (κ2) is 8.42. The van der Waals surface area contributed by atoms with Crippen LogP contribution in [-0.2, 0) is 24.4 Å². The summed E-state index contributed by atoms with van der Waals surface area (Å²) in [4.78, 5) is 22.4. The van der Waals surface area contributed by atoms with Crippen molar-refractivity contribution < 1.29 is 28.2 Å². The first-order valence-corrected chi connectivity index (χ1v) is 10.3. The molecule has 2 aromatic heterocycles. The lowest BCUT2D eigenvalue weighted by Crippen LogP contribution is -2.46. The van der Waals surface area contributed by atoms with Crippen molar-refractivity contribution in [2.75, 3.05) is 12.0 Å². The van der Waals surface area contributed by atoms with Gasteiger partial charge in [0.15, 0.2) is 17.1 Å². The molecule has 0 saturated heterocycles. The Balaban J connectivity index is 1.52. The number of rotatable bonds is 6. The number of hydrogen-bond donors (Lipinski definition) is 1. The Morgan fingerprint density at radius 2 is 2.15 bits per heavy atom. The minimum absolute atomic E-state index is 0.125. The number of methoxy groups -OCH3 is 1. The number of pyridine rings is 1. The molecule has 4 aromatic rings. The number of benzene rings is 2. The molecule has 0 spiro atoms. The first kappa shape index (κ1) is 20.7. The minimum atomic E-state index is -1.03. The van der Waals surface area contributed by atoms with E-state index in [1.54, 1.807) is 17.2 Å². The van der Waals surface area contributed by atoms with Crippen LogP contribution in [0.15, 0.2) is 59.1 Å². The molecule has 0 saturated carbocycles. The normalized spacial score (nSPS) is 15.3. The van der Waals surface area contributed by atoms with Crippen LogP contribution in [-0.4, -0.2) is 34.2 Å². The first-order valence-electron chi connectivity index (χ1n) is 10.3. The zero-order valence-corrected chi connectivity index (χ0v) is 17.7. The second-order valence-electron chi connectivity index (χ2n) is 7.64. The zero-order chi connectivity index (χ0) is 22.9. The van der Waals surface area contributed by atoms with Crippen molar-refractivity contribution >= 4 is 23.1 Å². The number of halogens is 1. The summed E-state index contributed by atoms with van der Waals surface area (Å²) in [6, 6.07) is 12.4. The fraction of sp³-hybridized carbons (Fsp3) is 0.208. The molecule has 1 unspecified atom stereocenters. The van der Waals surface area contributed by atoms with Crippen molar-refractivity contribution in [3.8, 4) is 11.5 Å². The number of ether oxygens (including phenoxy) is 2. The van der Waals surface area contributed by atoms with Gasteiger partial charge in [0.25, 0.3) is 6.01 Å². The second-order valence-corrected chi connectivity index (χ2v) is 7.64. The van der Waals surface area contributed by atoms with Gasteiger partial charge in [-0.05, 0) is 35.9 Å². The standard InChI is InChI=1S/C24H20FN3O5/c1-31-20-8-5-14-12-28(24-27-18-7-6-15(25)10-21(18)33-24)19(23(29)30)11-17(14)22(20)32-13-16-4-2-3-9-26-16/h2-10,19H,11-13H2,1H3,(H,29,30).